The summed E-state index contributed by atoms with van der Waals surface area (Å²) in [6, 6.07) is 93.1. The molecule has 0 N–H and O–H groups in total. The van der Waals surface area contributed by atoms with Gasteiger partial charge in [-0.05, 0) is 105 Å². The molecule has 1 heterocycles. The lowest BCUT2D eigenvalue weighted by Crippen LogP contribution is -2.29. The van der Waals surface area contributed by atoms with E-state index in [0.717, 1.165) is 17.1 Å². The minimum atomic E-state index is -0.535. The van der Waals surface area contributed by atoms with Crippen molar-refractivity contribution in [3.63, 3.8) is 0 Å². The van der Waals surface area contributed by atoms with Crippen LogP contribution in [0.2, 0.25) is 0 Å². The van der Waals surface area contributed by atoms with Gasteiger partial charge in [-0.3, -0.25) is 0 Å². The zero-order valence-electron chi connectivity index (χ0n) is 34.6. The second-order valence-corrected chi connectivity index (χ2v) is 16.4. The van der Waals surface area contributed by atoms with Gasteiger partial charge in [0.15, 0.2) is 0 Å². The molecule has 1 aliphatic carbocycles. The molecule has 0 radical (unpaired) electrons. The molecule has 2 heteroatoms. The number of hydrogen-bond acceptors (Lipinski definition) is 1. The van der Waals surface area contributed by atoms with Gasteiger partial charge in [0.25, 0.3) is 0 Å². The van der Waals surface area contributed by atoms with Crippen molar-refractivity contribution in [1.82, 2.24) is 4.57 Å². The van der Waals surface area contributed by atoms with Crippen molar-refractivity contribution in [3.05, 3.63) is 277 Å². The Morgan fingerprint density at radius 3 is 1.48 bits per heavy atom. The zero-order valence-corrected chi connectivity index (χ0v) is 34.6. The van der Waals surface area contributed by atoms with E-state index >= 15 is 0 Å². The Balaban J connectivity index is 1.01. The van der Waals surface area contributed by atoms with Crippen LogP contribution in [0.1, 0.15) is 22.3 Å². The summed E-state index contributed by atoms with van der Waals surface area (Å²) in [5.74, 6) is 0. The summed E-state index contributed by atoms with van der Waals surface area (Å²) < 4.78 is 2.53. The first kappa shape index (κ1) is 36.6. The van der Waals surface area contributed by atoms with E-state index in [1.54, 1.807) is 0 Å². The van der Waals surface area contributed by atoms with E-state index < -0.39 is 5.41 Å². The Morgan fingerprint density at radius 1 is 0.317 bits per heavy atom. The largest absolute Gasteiger partial charge is 0.310 e. The van der Waals surface area contributed by atoms with Crippen molar-refractivity contribution in [1.29, 1.82) is 0 Å². The fourth-order valence-electron chi connectivity index (χ4n) is 10.4. The predicted molar refractivity (Wildman–Crippen MR) is 264 cm³/mol. The van der Waals surface area contributed by atoms with Gasteiger partial charge in [0, 0.05) is 33.4 Å². The van der Waals surface area contributed by atoms with Crippen LogP contribution < -0.4 is 4.90 Å². The lowest BCUT2D eigenvalue weighted by Gasteiger charge is -2.35. The minimum Gasteiger partial charge on any atom is -0.310 e. The first-order chi connectivity index (χ1) is 31.3. The molecule has 0 spiro atoms. The number of para-hydroxylation sites is 3. The maximum Gasteiger partial charge on any atom is 0.0734 e. The molecule has 0 amide bonds. The first-order valence-electron chi connectivity index (χ1n) is 21.8. The number of rotatable bonds is 8. The highest BCUT2D eigenvalue weighted by molar-refractivity contribution is 6.11. The molecule has 1 aliphatic rings. The fourth-order valence-corrected chi connectivity index (χ4v) is 10.4. The Kier molecular flexibility index (Phi) is 8.76. The lowest BCUT2D eigenvalue weighted by atomic mass is 9.67. The third kappa shape index (κ3) is 5.87. The third-order valence-corrected chi connectivity index (χ3v) is 13.1. The van der Waals surface area contributed by atoms with Gasteiger partial charge in [0.2, 0.25) is 0 Å². The predicted octanol–water partition coefficient (Wildman–Crippen LogP) is 16.0. The standard InChI is InChI=1S/C61H42N2/c1-5-20-47(21-6-1)61(48-22-7-2-8-23-48)56-32-15-13-29-52(56)55-31-18-34-58(60(55)61)63-57-33-16-14-30-53(57)54-40-39-46(42-59(54)63)44-37-35-43(36-38-44)45-19-17-28-51(41-45)62(49-24-9-3-10-25-49)50-26-11-4-12-27-50/h1-42H. The monoisotopic (exact) mass is 802 g/mol. The van der Waals surface area contributed by atoms with Crippen LogP contribution in [-0.2, 0) is 5.41 Å². The van der Waals surface area contributed by atoms with E-state index in [0.29, 0.717) is 0 Å². The first-order valence-corrected chi connectivity index (χ1v) is 21.8. The van der Waals surface area contributed by atoms with Gasteiger partial charge in [-0.15, -0.1) is 0 Å². The second kappa shape index (κ2) is 15.1. The highest BCUT2D eigenvalue weighted by Gasteiger charge is 2.48. The lowest BCUT2D eigenvalue weighted by molar-refractivity contribution is 0.762. The Labute approximate surface area is 368 Å². The molecule has 0 saturated carbocycles. The Bertz CT molecular complexity index is 3350. The molecule has 0 unspecified atom stereocenters. The van der Waals surface area contributed by atoms with Gasteiger partial charge in [-0.2, -0.15) is 0 Å². The molecule has 296 valence electrons. The number of nitrogens with zero attached hydrogens (tertiary/aromatic N) is 2. The molecule has 2 nitrogen and oxygen atoms in total. The molecule has 0 atom stereocenters. The maximum absolute atomic E-state index is 2.53. The van der Waals surface area contributed by atoms with Crippen molar-refractivity contribution in [2.45, 2.75) is 5.41 Å². The van der Waals surface area contributed by atoms with Gasteiger partial charge in [0.1, 0.15) is 0 Å². The highest BCUT2D eigenvalue weighted by atomic mass is 15.1. The molecule has 10 aromatic carbocycles. The van der Waals surface area contributed by atoms with Gasteiger partial charge in [0.05, 0.1) is 22.1 Å². The van der Waals surface area contributed by atoms with Crippen LogP contribution >= 0.6 is 0 Å². The quantitative estimate of drug-likeness (QED) is 0.149. The van der Waals surface area contributed by atoms with E-state index in [1.165, 1.54) is 83.1 Å². The number of hydrogen-bond donors (Lipinski definition) is 0. The molecule has 12 rings (SSSR count). The second-order valence-electron chi connectivity index (χ2n) is 16.4. The SMILES string of the molecule is c1ccc(N(c2ccccc2)c2cccc(-c3ccc(-c4ccc5c6ccccc6n(-c6cccc7c6C(c6ccccc6)(c6ccccc6)c6ccccc6-7)c5c4)cc3)c2)cc1. The number of benzene rings is 10. The highest BCUT2D eigenvalue weighted by Crippen LogP contribution is 2.58. The van der Waals surface area contributed by atoms with Crippen LogP contribution in [-0.4, -0.2) is 4.57 Å². The molecule has 0 aliphatic heterocycles. The van der Waals surface area contributed by atoms with E-state index in [4.69, 9.17) is 0 Å². The summed E-state index contributed by atoms with van der Waals surface area (Å²) in [6.07, 6.45) is 0. The van der Waals surface area contributed by atoms with E-state index in [-0.39, 0.29) is 0 Å². The summed E-state index contributed by atoms with van der Waals surface area (Å²) in [7, 11) is 0. The van der Waals surface area contributed by atoms with E-state index in [1.807, 2.05) is 0 Å². The van der Waals surface area contributed by atoms with Crippen LogP contribution in [0.5, 0.6) is 0 Å². The molecule has 0 fully saturated rings. The molecule has 0 saturated heterocycles. The van der Waals surface area contributed by atoms with Crippen molar-refractivity contribution in [3.8, 4) is 39.1 Å². The van der Waals surface area contributed by atoms with Crippen LogP contribution in [0, 0.1) is 0 Å². The Morgan fingerprint density at radius 2 is 0.810 bits per heavy atom. The zero-order chi connectivity index (χ0) is 41.7. The molecule has 11 aromatic rings. The normalized spacial score (nSPS) is 12.6. The molecular weight excluding hydrogens is 761 g/mol. The van der Waals surface area contributed by atoms with Crippen molar-refractivity contribution in [2.24, 2.45) is 0 Å². The van der Waals surface area contributed by atoms with Gasteiger partial charge >= 0.3 is 0 Å². The molecular formula is C61H42N2. The summed E-state index contributed by atoms with van der Waals surface area (Å²) >= 11 is 0. The summed E-state index contributed by atoms with van der Waals surface area (Å²) in [6.45, 7) is 0. The average Bonchev–Trinajstić information content (AvgIpc) is 3.86. The van der Waals surface area contributed by atoms with Crippen molar-refractivity contribution < 1.29 is 0 Å². The molecule has 0 bridgehead atoms. The van der Waals surface area contributed by atoms with Gasteiger partial charge in [-0.1, -0.05) is 200 Å². The summed E-state index contributed by atoms with van der Waals surface area (Å²) in [4.78, 5) is 2.32. The van der Waals surface area contributed by atoms with Gasteiger partial charge < -0.3 is 9.47 Å². The van der Waals surface area contributed by atoms with Crippen LogP contribution in [0.15, 0.2) is 255 Å². The summed E-state index contributed by atoms with van der Waals surface area (Å²) in [5, 5.41) is 2.48. The number of anilines is 3. The minimum absolute atomic E-state index is 0.535. The van der Waals surface area contributed by atoms with Crippen LogP contribution in [0.3, 0.4) is 0 Å². The Hall–Kier alpha value is -8.20. The average molecular weight is 803 g/mol. The number of aromatic nitrogens is 1. The van der Waals surface area contributed by atoms with E-state index in [2.05, 4.69) is 264 Å². The van der Waals surface area contributed by atoms with Crippen LogP contribution in [0.25, 0.3) is 60.9 Å². The van der Waals surface area contributed by atoms with Crippen LogP contribution in [0.4, 0.5) is 17.1 Å². The van der Waals surface area contributed by atoms with Gasteiger partial charge in [-0.25, -0.2) is 0 Å². The topological polar surface area (TPSA) is 8.17 Å². The third-order valence-electron chi connectivity index (χ3n) is 13.1. The number of fused-ring (bicyclic) bond motifs is 6. The maximum atomic E-state index is 2.53. The molecule has 1 aromatic heterocycles. The smallest absolute Gasteiger partial charge is 0.0734 e. The van der Waals surface area contributed by atoms with Crippen molar-refractivity contribution in [2.75, 3.05) is 4.90 Å². The molecule has 63 heavy (non-hydrogen) atoms. The van der Waals surface area contributed by atoms with Crippen molar-refractivity contribution >= 4 is 38.9 Å². The van der Waals surface area contributed by atoms with E-state index in [9.17, 15) is 0 Å². The fraction of sp³-hybridized carbons (Fsp3) is 0.0164. The summed E-state index contributed by atoms with van der Waals surface area (Å²) in [5.41, 5.74) is 18.8.